The van der Waals surface area contributed by atoms with E-state index in [1.165, 1.54) is 44.2 Å². The number of rotatable bonds is 14. The fourth-order valence-electron chi connectivity index (χ4n) is 5.92. The summed E-state index contributed by atoms with van der Waals surface area (Å²) in [7, 11) is 0. The number of nitrogens with one attached hydrogen (secondary N) is 1. The molecule has 310 valence electrons. The van der Waals surface area contributed by atoms with Gasteiger partial charge in [-0.05, 0) is 105 Å². The quantitative estimate of drug-likeness (QED) is 0.0823. The first-order valence-electron chi connectivity index (χ1n) is 18.1. The van der Waals surface area contributed by atoms with E-state index in [9.17, 15) is 41.8 Å². The summed E-state index contributed by atoms with van der Waals surface area (Å²) in [5.74, 6) is -3.80. The summed E-state index contributed by atoms with van der Waals surface area (Å²) in [5, 5.41) is 12.3. The number of carboxylic acid groups (broad SMARTS) is 1. The first kappa shape index (κ1) is 45.0. The average molecular weight is 953 g/mol. The Bertz CT molecular complexity index is 2600. The molecule has 1 heterocycles. The lowest BCUT2D eigenvalue weighted by Crippen LogP contribution is -2.09. The maximum Gasteiger partial charge on any atom is 0.335 e. The van der Waals surface area contributed by atoms with Gasteiger partial charge in [0.2, 0.25) is 5.91 Å². The van der Waals surface area contributed by atoms with Crippen LogP contribution in [-0.4, -0.2) is 33.1 Å². The van der Waals surface area contributed by atoms with Crippen molar-refractivity contribution in [3.8, 4) is 28.4 Å². The SMILES string of the molecule is CC(=O)CCC(=O)c1cc(Br)ccc1OCc1ccc(F)cc1F.CC(=O)Nc1cc(C(=O)O)cc(-n2c(C)ccc2-c2cc(Br)ccc2OCc2ccc(F)cc2F)c1. The van der Waals surface area contributed by atoms with Gasteiger partial charge in [0.1, 0.15) is 53.8 Å². The topological polar surface area (TPSA) is 124 Å². The molecular weight excluding hydrogens is 916 g/mol. The molecule has 0 unspecified atom stereocenters. The average Bonchev–Trinajstić information content (AvgIpc) is 3.57. The lowest BCUT2D eigenvalue weighted by atomic mass is 10.0. The van der Waals surface area contributed by atoms with Crippen molar-refractivity contribution in [3.05, 3.63) is 163 Å². The molecule has 1 aromatic heterocycles. The zero-order valence-electron chi connectivity index (χ0n) is 32.3. The van der Waals surface area contributed by atoms with E-state index in [0.717, 1.165) is 28.4 Å². The summed E-state index contributed by atoms with van der Waals surface area (Å²) in [5.41, 5.74) is 3.70. The third-order valence-corrected chi connectivity index (χ3v) is 9.77. The molecule has 0 radical (unpaired) electrons. The van der Waals surface area contributed by atoms with Gasteiger partial charge in [0, 0.05) is 74.6 Å². The minimum Gasteiger partial charge on any atom is -0.488 e. The Labute approximate surface area is 359 Å². The number of carbonyl (C=O) groups excluding carboxylic acids is 3. The summed E-state index contributed by atoms with van der Waals surface area (Å²) >= 11 is 6.76. The third-order valence-electron chi connectivity index (χ3n) is 8.78. The minimum absolute atomic E-state index is 0.00722. The summed E-state index contributed by atoms with van der Waals surface area (Å²) in [6, 6.07) is 25.0. The maximum atomic E-state index is 14.2. The van der Waals surface area contributed by atoms with E-state index in [1.807, 2.05) is 29.7 Å². The first-order chi connectivity index (χ1) is 28.5. The molecule has 15 heteroatoms. The summed E-state index contributed by atoms with van der Waals surface area (Å²) in [6.07, 6.45) is 0.227. The van der Waals surface area contributed by atoms with Crippen molar-refractivity contribution in [3.63, 3.8) is 0 Å². The largest absolute Gasteiger partial charge is 0.488 e. The fraction of sp³-hybridized carbons (Fsp3) is 0.156. The van der Waals surface area contributed by atoms with E-state index in [2.05, 4.69) is 37.2 Å². The van der Waals surface area contributed by atoms with Crippen molar-refractivity contribution >= 4 is 61.0 Å². The predicted molar refractivity (Wildman–Crippen MR) is 225 cm³/mol. The fourth-order valence-corrected chi connectivity index (χ4v) is 6.64. The van der Waals surface area contributed by atoms with Gasteiger partial charge in [-0.1, -0.05) is 31.9 Å². The molecule has 5 aromatic carbocycles. The van der Waals surface area contributed by atoms with E-state index < -0.39 is 29.2 Å². The maximum absolute atomic E-state index is 14.2. The number of aromatic carboxylic acids is 1. The third kappa shape index (κ3) is 12.0. The molecule has 9 nitrogen and oxygen atoms in total. The van der Waals surface area contributed by atoms with E-state index in [4.69, 9.17) is 9.47 Å². The van der Waals surface area contributed by atoms with Crippen LogP contribution in [-0.2, 0) is 22.8 Å². The number of ketones is 2. The van der Waals surface area contributed by atoms with Gasteiger partial charge in [-0.2, -0.15) is 0 Å². The monoisotopic (exact) mass is 950 g/mol. The highest BCUT2D eigenvalue weighted by Crippen LogP contribution is 2.37. The van der Waals surface area contributed by atoms with Crippen LogP contribution >= 0.6 is 31.9 Å². The number of nitrogens with zero attached hydrogens (tertiary/aromatic N) is 1. The van der Waals surface area contributed by atoms with Crippen LogP contribution < -0.4 is 14.8 Å². The summed E-state index contributed by atoms with van der Waals surface area (Å²) in [6.45, 7) is 4.36. The zero-order valence-corrected chi connectivity index (χ0v) is 35.4. The summed E-state index contributed by atoms with van der Waals surface area (Å²) < 4.78 is 68.8. The van der Waals surface area contributed by atoms with E-state index in [1.54, 1.807) is 36.4 Å². The molecule has 0 saturated carbocycles. The molecule has 0 fully saturated rings. The van der Waals surface area contributed by atoms with Gasteiger partial charge in [0.25, 0.3) is 0 Å². The normalized spacial score (nSPS) is 10.7. The molecule has 0 aliphatic heterocycles. The molecule has 0 atom stereocenters. The molecule has 0 spiro atoms. The minimum atomic E-state index is -1.14. The van der Waals surface area contributed by atoms with Crippen LogP contribution in [0.4, 0.5) is 23.2 Å². The number of amides is 1. The van der Waals surface area contributed by atoms with Gasteiger partial charge >= 0.3 is 5.97 Å². The number of aryl methyl sites for hydroxylation is 1. The van der Waals surface area contributed by atoms with Crippen molar-refractivity contribution in [1.29, 1.82) is 0 Å². The molecule has 1 amide bonds. The number of carbonyl (C=O) groups is 4. The van der Waals surface area contributed by atoms with Gasteiger partial charge in [-0.3, -0.25) is 9.59 Å². The standard InChI is InChI=1S/C27H21BrF2N2O4.C18H15BrF2O3/c1-15-3-7-25(32(15)22-10-18(27(34)35)9-21(13-22)31-16(2)33)23-11-19(28)5-8-26(23)36-14-17-4-6-20(29)12-24(17)30;1-11(22)2-6-17(23)15-8-13(19)4-7-18(15)24-10-12-3-5-14(20)9-16(12)21/h3-13H,14H2,1-2H3,(H,31,33)(H,34,35);3-5,7-9H,2,6,10H2,1H3. The smallest absolute Gasteiger partial charge is 0.335 e. The Kier molecular flexibility index (Phi) is 15.2. The van der Waals surface area contributed by atoms with Gasteiger partial charge in [-0.15, -0.1) is 0 Å². The van der Waals surface area contributed by atoms with Crippen molar-refractivity contribution in [1.82, 2.24) is 4.57 Å². The highest BCUT2D eigenvalue weighted by molar-refractivity contribution is 9.10. The highest BCUT2D eigenvalue weighted by Gasteiger charge is 2.19. The van der Waals surface area contributed by atoms with Crippen LogP contribution in [0.5, 0.6) is 11.5 Å². The lowest BCUT2D eigenvalue weighted by molar-refractivity contribution is -0.117. The van der Waals surface area contributed by atoms with Gasteiger partial charge < -0.3 is 29.3 Å². The van der Waals surface area contributed by atoms with E-state index in [0.29, 0.717) is 38.4 Å². The molecule has 0 aliphatic carbocycles. The molecular formula is C45H36Br2F4N2O7. The van der Waals surface area contributed by atoms with Crippen LogP contribution in [0.15, 0.2) is 112 Å². The molecule has 6 aromatic rings. The van der Waals surface area contributed by atoms with Gasteiger partial charge in [0.15, 0.2) is 5.78 Å². The Morgan fingerprint density at radius 1 is 0.683 bits per heavy atom. The molecule has 0 bridgehead atoms. The zero-order chi connectivity index (χ0) is 43.7. The first-order valence-corrected chi connectivity index (χ1v) is 19.7. The summed E-state index contributed by atoms with van der Waals surface area (Å²) in [4.78, 5) is 46.7. The number of ether oxygens (including phenoxy) is 2. The number of anilines is 1. The van der Waals surface area contributed by atoms with Gasteiger partial charge in [0.05, 0.1) is 16.8 Å². The number of aromatic nitrogens is 1. The highest BCUT2D eigenvalue weighted by atomic mass is 79.9. The van der Waals surface area contributed by atoms with Crippen LogP contribution in [0.25, 0.3) is 16.9 Å². The molecule has 6 rings (SSSR count). The lowest BCUT2D eigenvalue weighted by Gasteiger charge is -2.18. The molecule has 2 N–H and O–H groups in total. The number of hydrogen-bond donors (Lipinski definition) is 2. The van der Waals surface area contributed by atoms with Crippen molar-refractivity contribution in [2.24, 2.45) is 0 Å². The van der Waals surface area contributed by atoms with Crippen molar-refractivity contribution < 1.29 is 51.3 Å². The second kappa shape index (κ2) is 20.3. The van der Waals surface area contributed by atoms with Crippen LogP contribution in [0.2, 0.25) is 0 Å². The van der Waals surface area contributed by atoms with Crippen LogP contribution in [0, 0.1) is 30.2 Å². The van der Waals surface area contributed by atoms with Crippen molar-refractivity contribution in [2.75, 3.05) is 5.32 Å². The second-order valence-corrected chi connectivity index (χ2v) is 15.2. The molecule has 60 heavy (non-hydrogen) atoms. The van der Waals surface area contributed by atoms with Crippen LogP contribution in [0.1, 0.15) is 64.2 Å². The molecule has 0 saturated heterocycles. The Morgan fingerprint density at radius 2 is 1.27 bits per heavy atom. The van der Waals surface area contributed by atoms with E-state index >= 15 is 0 Å². The molecule has 0 aliphatic rings. The number of hydrogen-bond acceptors (Lipinski definition) is 6. The Morgan fingerprint density at radius 3 is 1.83 bits per heavy atom. The predicted octanol–water partition coefficient (Wildman–Crippen LogP) is 11.6. The Hall–Kier alpha value is -6.06. The van der Waals surface area contributed by atoms with Crippen molar-refractivity contribution in [2.45, 2.75) is 46.8 Å². The number of benzene rings is 5. The van der Waals surface area contributed by atoms with Gasteiger partial charge in [-0.25, -0.2) is 22.4 Å². The number of Topliss-reactive ketones (excluding diaryl/α,β-unsaturated/α-hetero) is 2. The van der Waals surface area contributed by atoms with E-state index in [-0.39, 0.29) is 66.0 Å². The number of halogens is 6. The number of carboxylic acids is 1. The van der Waals surface area contributed by atoms with Crippen LogP contribution in [0.3, 0.4) is 0 Å². The Balaban J connectivity index is 0.000000247. The second-order valence-electron chi connectivity index (χ2n) is 13.4.